The van der Waals surface area contributed by atoms with E-state index in [1.165, 1.54) is 18.2 Å². The molecule has 0 heterocycles. The fourth-order valence-electron chi connectivity index (χ4n) is 1.30. The molecule has 0 fully saturated rings. The van der Waals surface area contributed by atoms with Crippen molar-refractivity contribution >= 4 is 18.0 Å². The number of halogens is 1. The van der Waals surface area contributed by atoms with Gasteiger partial charge in [-0.1, -0.05) is 6.07 Å². The van der Waals surface area contributed by atoms with E-state index in [2.05, 4.69) is 5.32 Å². The second kappa shape index (κ2) is 7.15. The van der Waals surface area contributed by atoms with Crippen molar-refractivity contribution in [1.82, 2.24) is 5.32 Å². The Hall–Kier alpha value is -2.37. The van der Waals surface area contributed by atoms with Crippen LogP contribution in [0, 0.1) is 5.82 Å². The van der Waals surface area contributed by atoms with Gasteiger partial charge in [-0.05, 0) is 30.7 Å². The van der Waals surface area contributed by atoms with E-state index in [1.54, 1.807) is 6.92 Å². The zero-order valence-electron chi connectivity index (χ0n) is 10.4. The summed E-state index contributed by atoms with van der Waals surface area (Å²) in [5.74, 6) is -2.16. The molecule has 19 heavy (non-hydrogen) atoms. The number of carbonyl (C=O) groups excluding carboxylic acids is 1. The highest BCUT2D eigenvalue weighted by Gasteiger charge is 2.06. The Balaban J connectivity index is 2.67. The molecule has 6 heteroatoms. The molecule has 102 valence electrons. The van der Waals surface area contributed by atoms with Crippen LogP contribution in [0.5, 0.6) is 5.75 Å². The van der Waals surface area contributed by atoms with Crippen LogP contribution in [0.1, 0.15) is 12.5 Å². The molecular formula is C13H14FNO4. The number of ether oxygens (including phenoxy) is 1. The summed E-state index contributed by atoms with van der Waals surface area (Å²) >= 11 is 0. The summed E-state index contributed by atoms with van der Waals surface area (Å²) < 4.78 is 18.6. The van der Waals surface area contributed by atoms with E-state index in [-0.39, 0.29) is 18.3 Å². The van der Waals surface area contributed by atoms with Gasteiger partial charge in [-0.2, -0.15) is 0 Å². The van der Waals surface area contributed by atoms with Gasteiger partial charge >= 0.3 is 5.97 Å². The lowest BCUT2D eigenvalue weighted by atomic mass is 10.2. The van der Waals surface area contributed by atoms with Crippen LogP contribution < -0.4 is 10.1 Å². The minimum absolute atomic E-state index is 0.0567. The fourth-order valence-corrected chi connectivity index (χ4v) is 1.30. The summed E-state index contributed by atoms with van der Waals surface area (Å²) in [5, 5.41) is 11.0. The third kappa shape index (κ3) is 5.20. The fraction of sp³-hybridized carbons (Fsp3) is 0.231. The van der Waals surface area contributed by atoms with E-state index in [1.807, 2.05) is 0 Å². The van der Waals surface area contributed by atoms with Crippen molar-refractivity contribution in [3.8, 4) is 5.75 Å². The van der Waals surface area contributed by atoms with Crippen molar-refractivity contribution in [2.24, 2.45) is 0 Å². The van der Waals surface area contributed by atoms with E-state index in [9.17, 15) is 14.0 Å². The lowest BCUT2D eigenvalue weighted by molar-refractivity contribution is -0.131. The normalized spacial score (nSPS) is 10.4. The summed E-state index contributed by atoms with van der Waals surface area (Å²) in [5.41, 5.74) is 0.394. The molecule has 0 atom stereocenters. The van der Waals surface area contributed by atoms with Crippen molar-refractivity contribution in [1.29, 1.82) is 0 Å². The molecule has 0 aromatic heterocycles. The van der Waals surface area contributed by atoms with Crippen LogP contribution in [0.15, 0.2) is 24.3 Å². The van der Waals surface area contributed by atoms with Crippen LogP contribution in [0.25, 0.3) is 6.08 Å². The minimum Gasteiger partial charge on any atom is -0.481 e. The summed E-state index contributed by atoms with van der Waals surface area (Å²) in [6.07, 6.45) is 2.17. The second-order valence-corrected chi connectivity index (χ2v) is 3.60. The third-order valence-electron chi connectivity index (χ3n) is 2.11. The molecule has 1 aromatic rings. The predicted octanol–water partition coefficient (Wildman–Crippen LogP) is 1.44. The molecule has 1 aromatic carbocycles. The summed E-state index contributed by atoms with van der Waals surface area (Å²) in [6.45, 7) is 1.97. The van der Waals surface area contributed by atoms with Gasteiger partial charge in [0.15, 0.2) is 18.2 Å². The van der Waals surface area contributed by atoms with E-state index in [0.717, 1.165) is 12.1 Å². The monoisotopic (exact) mass is 267 g/mol. The smallest absolute Gasteiger partial charge is 0.328 e. The maximum atomic E-state index is 13.6. The summed E-state index contributed by atoms with van der Waals surface area (Å²) in [6, 6.07) is 3.97. The number of likely N-dealkylation sites (N-methyl/N-ethyl adjacent to an activating group) is 1. The van der Waals surface area contributed by atoms with Gasteiger partial charge in [-0.15, -0.1) is 0 Å². The largest absolute Gasteiger partial charge is 0.481 e. The first-order valence-electron chi connectivity index (χ1n) is 5.63. The van der Waals surface area contributed by atoms with Gasteiger partial charge in [0.25, 0.3) is 5.91 Å². The summed E-state index contributed by atoms with van der Waals surface area (Å²) in [7, 11) is 0. The first kappa shape index (κ1) is 14.7. The highest BCUT2D eigenvalue weighted by Crippen LogP contribution is 2.19. The number of carboxylic acid groups (broad SMARTS) is 1. The summed E-state index contributed by atoms with van der Waals surface area (Å²) in [4.78, 5) is 21.5. The van der Waals surface area contributed by atoms with Crippen molar-refractivity contribution in [2.45, 2.75) is 6.92 Å². The van der Waals surface area contributed by atoms with E-state index >= 15 is 0 Å². The Kier molecular flexibility index (Phi) is 5.53. The Morgan fingerprint density at radius 3 is 2.79 bits per heavy atom. The average molecular weight is 267 g/mol. The molecule has 0 bridgehead atoms. The van der Waals surface area contributed by atoms with Gasteiger partial charge in [0.2, 0.25) is 0 Å². The number of nitrogens with one attached hydrogen (secondary N) is 1. The molecular weight excluding hydrogens is 253 g/mol. The molecule has 0 saturated heterocycles. The topological polar surface area (TPSA) is 75.6 Å². The lowest BCUT2D eigenvalue weighted by Crippen LogP contribution is -2.28. The van der Waals surface area contributed by atoms with Crippen molar-refractivity contribution < 1.29 is 23.8 Å². The molecule has 0 aliphatic heterocycles. The first-order valence-corrected chi connectivity index (χ1v) is 5.63. The molecule has 5 nitrogen and oxygen atoms in total. The molecule has 0 aliphatic rings. The predicted molar refractivity (Wildman–Crippen MR) is 67.2 cm³/mol. The standard InChI is InChI=1S/C13H14FNO4/c1-2-15-12(16)8-19-11-5-3-9(7-10(11)14)4-6-13(17)18/h3-7H,2,8H2,1H3,(H,15,16)(H,17,18)/b6-4+. The second-order valence-electron chi connectivity index (χ2n) is 3.60. The van der Waals surface area contributed by atoms with E-state index in [0.29, 0.717) is 12.1 Å². The highest BCUT2D eigenvalue weighted by molar-refractivity contribution is 5.85. The molecule has 0 radical (unpaired) electrons. The molecule has 1 rings (SSSR count). The van der Waals surface area contributed by atoms with Gasteiger partial charge < -0.3 is 15.2 Å². The lowest BCUT2D eigenvalue weighted by Gasteiger charge is -2.07. The van der Waals surface area contributed by atoms with Crippen LogP contribution in [0.4, 0.5) is 4.39 Å². The molecule has 0 aliphatic carbocycles. The van der Waals surface area contributed by atoms with Crippen molar-refractivity contribution in [2.75, 3.05) is 13.2 Å². The van der Waals surface area contributed by atoms with Gasteiger partial charge in [-0.3, -0.25) is 4.79 Å². The Morgan fingerprint density at radius 2 is 2.21 bits per heavy atom. The zero-order valence-corrected chi connectivity index (χ0v) is 10.4. The molecule has 1 amide bonds. The SMILES string of the molecule is CCNC(=O)COc1ccc(/C=C/C(=O)O)cc1F. The number of amides is 1. The third-order valence-corrected chi connectivity index (χ3v) is 2.11. The number of carboxylic acids is 1. The number of benzene rings is 1. The molecule has 0 spiro atoms. The van der Waals surface area contributed by atoms with Crippen LogP contribution in [-0.2, 0) is 9.59 Å². The average Bonchev–Trinajstić information content (AvgIpc) is 2.35. The number of carbonyl (C=O) groups is 2. The van der Waals surface area contributed by atoms with Gasteiger partial charge in [0, 0.05) is 12.6 Å². The minimum atomic E-state index is -1.11. The molecule has 0 saturated carbocycles. The maximum absolute atomic E-state index is 13.6. The Labute approximate surface area is 109 Å². The Bertz CT molecular complexity index is 499. The molecule has 0 unspecified atom stereocenters. The molecule has 2 N–H and O–H groups in total. The van der Waals surface area contributed by atoms with Crippen molar-refractivity contribution in [3.05, 3.63) is 35.7 Å². The van der Waals surface area contributed by atoms with Crippen LogP contribution in [0.3, 0.4) is 0 Å². The van der Waals surface area contributed by atoms with Gasteiger partial charge in [-0.25, -0.2) is 9.18 Å². The van der Waals surface area contributed by atoms with Crippen LogP contribution >= 0.6 is 0 Å². The number of hydrogen-bond acceptors (Lipinski definition) is 3. The highest BCUT2D eigenvalue weighted by atomic mass is 19.1. The maximum Gasteiger partial charge on any atom is 0.328 e. The number of aliphatic carboxylic acids is 1. The first-order chi connectivity index (χ1) is 9.02. The van der Waals surface area contributed by atoms with Gasteiger partial charge in [0.05, 0.1) is 0 Å². The van der Waals surface area contributed by atoms with Crippen LogP contribution in [-0.4, -0.2) is 30.1 Å². The van der Waals surface area contributed by atoms with Crippen molar-refractivity contribution in [3.63, 3.8) is 0 Å². The zero-order chi connectivity index (χ0) is 14.3. The van der Waals surface area contributed by atoms with E-state index < -0.39 is 11.8 Å². The van der Waals surface area contributed by atoms with E-state index in [4.69, 9.17) is 9.84 Å². The number of hydrogen-bond donors (Lipinski definition) is 2. The van der Waals surface area contributed by atoms with Crippen LogP contribution in [0.2, 0.25) is 0 Å². The Morgan fingerprint density at radius 1 is 1.47 bits per heavy atom. The number of rotatable bonds is 6. The quantitative estimate of drug-likeness (QED) is 0.765. The van der Waals surface area contributed by atoms with Gasteiger partial charge in [0.1, 0.15) is 0 Å².